The molecule has 0 aromatic carbocycles. The van der Waals surface area contributed by atoms with Gasteiger partial charge in [-0.15, -0.1) is 0 Å². The number of cyclic esters (lactones) is 1. The number of Topliss-reactive ketones (excluding diaryl/α,β-unsaturated/α-hetero) is 1. The number of aliphatic hydroxyl groups is 1. The van der Waals surface area contributed by atoms with Crippen LogP contribution in [-0.2, 0) is 19.1 Å². The van der Waals surface area contributed by atoms with Gasteiger partial charge in [-0.1, -0.05) is 26.8 Å². The maximum absolute atomic E-state index is 13.1. The Morgan fingerprint density at radius 2 is 2.00 bits per heavy atom. The lowest BCUT2D eigenvalue weighted by Crippen LogP contribution is -2.66. The molecule has 1 saturated heterocycles. The fraction of sp³-hybridized carbons (Fsp3) is 0.750. The van der Waals surface area contributed by atoms with E-state index in [1.807, 2.05) is 0 Å². The monoisotopic (exact) mass is 346 g/mol. The number of allylic oxidation sites excluding steroid dienone is 1. The van der Waals surface area contributed by atoms with E-state index >= 15 is 0 Å². The zero-order valence-corrected chi connectivity index (χ0v) is 14.9. The number of hydrogen-bond donors (Lipinski definition) is 1. The average molecular weight is 346 g/mol. The molecule has 1 aliphatic heterocycles. The molecule has 4 rings (SSSR count). The van der Waals surface area contributed by atoms with Gasteiger partial charge in [-0.25, -0.2) is 0 Å². The molecule has 25 heavy (non-hydrogen) atoms. The minimum atomic E-state index is -1.34. The number of fused-ring (bicyclic) bond motifs is 2. The minimum Gasteiger partial charge on any atom is -0.464 e. The van der Waals surface area contributed by atoms with Crippen LogP contribution in [0.15, 0.2) is 12.2 Å². The van der Waals surface area contributed by atoms with E-state index in [9.17, 15) is 19.5 Å². The SMILES string of the molecule is C=C1C(=O)[C@]23C[C@H]1C[C@@H](O)[C@H]2[C@@]1(CCCC(C)(C)[C@H]1C=O)COC3=O. The molecule has 0 radical (unpaired) electrons. The lowest BCUT2D eigenvalue weighted by Gasteiger charge is -2.60. The van der Waals surface area contributed by atoms with Gasteiger partial charge < -0.3 is 14.6 Å². The van der Waals surface area contributed by atoms with Gasteiger partial charge in [0.05, 0.1) is 12.7 Å². The summed E-state index contributed by atoms with van der Waals surface area (Å²) in [5, 5.41) is 11.0. The minimum absolute atomic E-state index is 0.118. The van der Waals surface area contributed by atoms with Crippen molar-refractivity contribution in [1.29, 1.82) is 0 Å². The lowest BCUT2D eigenvalue weighted by molar-refractivity contribution is -0.225. The number of aldehydes is 1. The van der Waals surface area contributed by atoms with Gasteiger partial charge in [-0.05, 0) is 42.6 Å². The van der Waals surface area contributed by atoms with Crippen LogP contribution in [0.2, 0.25) is 0 Å². The third-order valence-electron chi connectivity index (χ3n) is 7.72. The summed E-state index contributed by atoms with van der Waals surface area (Å²) in [5.41, 5.74) is -1.82. The zero-order chi connectivity index (χ0) is 18.2. The average Bonchev–Trinajstić information content (AvgIpc) is 2.73. The summed E-state index contributed by atoms with van der Waals surface area (Å²) < 4.78 is 5.58. The molecule has 3 saturated carbocycles. The van der Waals surface area contributed by atoms with Crippen molar-refractivity contribution in [3.8, 4) is 0 Å². The first-order valence-corrected chi connectivity index (χ1v) is 9.25. The molecule has 4 aliphatic rings. The van der Waals surface area contributed by atoms with E-state index in [1.54, 1.807) is 0 Å². The fourth-order valence-electron chi connectivity index (χ4n) is 6.71. The summed E-state index contributed by atoms with van der Waals surface area (Å²) in [6.45, 7) is 8.13. The van der Waals surface area contributed by atoms with Gasteiger partial charge in [-0.3, -0.25) is 9.59 Å². The first kappa shape index (κ1) is 17.0. The van der Waals surface area contributed by atoms with E-state index in [-0.39, 0.29) is 29.6 Å². The Kier molecular flexibility index (Phi) is 3.41. The van der Waals surface area contributed by atoms with E-state index in [0.29, 0.717) is 24.8 Å². The summed E-state index contributed by atoms with van der Waals surface area (Å²) in [6.07, 6.45) is 3.50. The number of hydrogen-bond acceptors (Lipinski definition) is 5. The van der Waals surface area contributed by atoms with Crippen LogP contribution in [0.3, 0.4) is 0 Å². The van der Waals surface area contributed by atoms with E-state index in [2.05, 4.69) is 20.4 Å². The highest BCUT2D eigenvalue weighted by Crippen LogP contribution is 2.67. The molecule has 0 aromatic rings. The molecule has 5 heteroatoms. The summed E-state index contributed by atoms with van der Waals surface area (Å²) >= 11 is 0. The number of carbonyl (C=O) groups is 3. The third-order valence-corrected chi connectivity index (χ3v) is 7.72. The van der Waals surface area contributed by atoms with E-state index in [1.165, 1.54) is 0 Å². The van der Waals surface area contributed by atoms with Gasteiger partial charge in [0.1, 0.15) is 11.7 Å². The Hall–Kier alpha value is -1.49. The van der Waals surface area contributed by atoms with Gasteiger partial charge in [0.25, 0.3) is 0 Å². The topological polar surface area (TPSA) is 80.7 Å². The van der Waals surface area contributed by atoms with Crippen LogP contribution in [0.25, 0.3) is 0 Å². The molecule has 0 amide bonds. The van der Waals surface area contributed by atoms with Crippen LogP contribution in [0, 0.1) is 34.0 Å². The molecular formula is C20H26O5. The first-order valence-electron chi connectivity index (χ1n) is 9.25. The van der Waals surface area contributed by atoms with Crippen LogP contribution in [-0.4, -0.2) is 35.9 Å². The number of ketones is 1. The summed E-state index contributed by atoms with van der Waals surface area (Å²) in [5.74, 6) is -1.86. The Labute approximate surface area is 147 Å². The molecule has 1 N–H and O–H groups in total. The Morgan fingerprint density at radius 1 is 1.28 bits per heavy atom. The van der Waals surface area contributed by atoms with Crippen molar-refractivity contribution in [1.82, 2.24) is 0 Å². The highest BCUT2D eigenvalue weighted by Gasteiger charge is 2.74. The molecule has 2 spiro atoms. The van der Waals surface area contributed by atoms with E-state index in [4.69, 9.17) is 4.74 Å². The lowest BCUT2D eigenvalue weighted by atomic mass is 9.44. The molecule has 0 unspecified atom stereocenters. The number of ether oxygens (including phenoxy) is 1. The quantitative estimate of drug-likeness (QED) is 0.340. The van der Waals surface area contributed by atoms with E-state index < -0.39 is 28.8 Å². The molecule has 136 valence electrons. The number of esters is 1. The summed E-state index contributed by atoms with van der Waals surface area (Å²) in [7, 11) is 0. The summed E-state index contributed by atoms with van der Waals surface area (Å²) in [4.78, 5) is 38.0. The Bertz CT molecular complexity index is 680. The molecule has 6 atom stereocenters. The van der Waals surface area contributed by atoms with Crippen molar-refractivity contribution in [2.45, 2.75) is 52.1 Å². The highest BCUT2D eigenvalue weighted by atomic mass is 16.5. The normalized spacial score (nSPS) is 48.2. The summed E-state index contributed by atoms with van der Waals surface area (Å²) in [6, 6.07) is 0. The zero-order valence-electron chi connectivity index (χ0n) is 14.9. The van der Waals surface area contributed by atoms with Crippen molar-refractivity contribution in [2.75, 3.05) is 6.61 Å². The van der Waals surface area contributed by atoms with Gasteiger partial charge in [-0.2, -0.15) is 0 Å². The second kappa shape index (κ2) is 5.03. The van der Waals surface area contributed by atoms with Gasteiger partial charge >= 0.3 is 5.97 Å². The first-order chi connectivity index (χ1) is 11.7. The van der Waals surface area contributed by atoms with Crippen LogP contribution < -0.4 is 0 Å². The fourth-order valence-corrected chi connectivity index (χ4v) is 6.71. The highest BCUT2D eigenvalue weighted by molar-refractivity contribution is 6.15. The van der Waals surface area contributed by atoms with Crippen molar-refractivity contribution in [3.05, 3.63) is 12.2 Å². The molecule has 2 bridgehead atoms. The maximum atomic E-state index is 13.1. The van der Waals surface area contributed by atoms with Crippen LogP contribution in [0.1, 0.15) is 46.0 Å². The molecule has 5 nitrogen and oxygen atoms in total. The van der Waals surface area contributed by atoms with Gasteiger partial charge in [0, 0.05) is 17.3 Å². The second-order valence-electron chi connectivity index (χ2n) is 9.27. The van der Waals surface area contributed by atoms with Crippen molar-refractivity contribution < 1.29 is 24.2 Å². The molecular weight excluding hydrogens is 320 g/mol. The van der Waals surface area contributed by atoms with Crippen molar-refractivity contribution in [2.24, 2.45) is 34.0 Å². The Morgan fingerprint density at radius 3 is 2.68 bits per heavy atom. The van der Waals surface area contributed by atoms with Crippen molar-refractivity contribution in [3.63, 3.8) is 0 Å². The number of aliphatic hydroxyl groups excluding tert-OH is 1. The van der Waals surface area contributed by atoms with Crippen LogP contribution >= 0.6 is 0 Å². The third kappa shape index (κ3) is 1.85. The molecule has 0 aromatic heterocycles. The second-order valence-corrected chi connectivity index (χ2v) is 9.27. The largest absolute Gasteiger partial charge is 0.464 e. The standard InChI is InChI=1S/C20H26O5/c1-11-12-7-13(22)15-19(6-4-5-18(2,3)14(19)9-21)10-25-17(24)20(15,8-12)16(11)23/h9,12-15,22H,1,4-8,10H2,2-3H3/t12-,13-,14-,15+,19+,20+/m1/s1. The molecule has 4 fully saturated rings. The van der Waals surface area contributed by atoms with Gasteiger partial charge in [0.2, 0.25) is 0 Å². The Balaban J connectivity index is 1.92. The van der Waals surface area contributed by atoms with Crippen LogP contribution in [0.4, 0.5) is 0 Å². The molecule has 3 aliphatic carbocycles. The van der Waals surface area contributed by atoms with E-state index in [0.717, 1.165) is 19.1 Å². The maximum Gasteiger partial charge on any atom is 0.320 e. The predicted molar refractivity (Wildman–Crippen MR) is 89.4 cm³/mol. The van der Waals surface area contributed by atoms with Crippen molar-refractivity contribution >= 4 is 18.0 Å². The number of rotatable bonds is 1. The smallest absolute Gasteiger partial charge is 0.320 e. The molecule has 1 heterocycles. The van der Waals surface area contributed by atoms with Gasteiger partial charge in [0.15, 0.2) is 5.78 Å². The predicted octanol–water partition coefficient (Wildman–Crippen LogP) is 2.07. The van der Waals surface area contributed by atoms with Crippen LogP contribution in [0.5, 0.6) is 0 Å². The number of carbonyl (C=O) groups excluding carboxylic acids is 3.